The van der Waals surface area contributed by atoms with E-state index in [4.69, 9.17) is 16.7 Å². The van der Waals surface area contributed by atoms with Gasteiger partial charge >= 0.3 is 5.97 Å². The summed E-state index contributed by atoms with van der Waals surface area (Å²) in [7, 11) is 0. The zero-order valence-corrected chi connectivity index (χ0v) is 10.4. The van der Waals surface area contributed by atoms with Gasteiger partial charge in [-0.05, 0) is 28.1 Å². The number of benzene rings is 1. The number of aromatic nitrogens is 4. The monoisotopic (exact) mass is 276 g/mol. The van der Waals surface area contributed by atoms with Crippen LogP contribution in [0, 0.1) is 0 Å². The molecule has 2 heterocycles. The Balaban J connectivity index is 2.15. The van der Waals surface area contributed by atoms with Crippen LogP contribution in [0.2, 0.25) is 5.02 Å². The molecule has 1 aromatic heterocycles. The molecule has 0 amide bonds. The van der Waals surface area contributed by atoms with Gasteiger partial charge < -0.3 is 5.11 Å². The van der Waals surface area contributed by atoms with E-state index in [2.05, 4.69) is 15.5 Å². The number of allylic oxidation sites excluding steroid dienone is 1. The van der Waals surface area contributed by atoms with Crippen molar-refractivity contribution < 1.29 is 9.90 Å². The molecule has 1 aliphatic rings. The van der Waals surface area contributed by atoms with Crippen LogP contribution in [0.5, 0.6) is 0 Å². The van der Waals surface area contributed by atoms with Crippen LogP contribution in [0.15, 0.2) is 35.9 Å². The number of nitrogens with zero attached hydrogens (tertiary/aromatic N) is 4. The molecule has 0 radical (unpaired) electrons. The molecule has 0 bridgehead atoms. The number of carboxylic acid groups (broad SMARTS) is 1. The highest BCUT2D eigenvalue weighted by molar-refractivity contribution is 6.31. The smallest absolute Gasteiger partial charge is 0.331 e. The molecule has 96 valence electrons. The van der Waals surface area contributed by atoms with Crippen molar-refractivity contribution in [3.63, 3.8) is 0 Å². The molecule has 1 N–H and O–H groups in total. The van der Waals surface area contributed by atoms with E-state index in [0.717, 1.165) is 5.56 Å². The second-order valence-electron chi connectivity index (χ2n) is 4.18. The number of rotatable bonds is 2. The Morgan fingerprint density at radius 2 is 2.21 bits per heavy atom. The third-order valence-corrected chi connectivity index (χ3v) is 3.37. The number of fused-ring (bicyclic) bond motifs is 1. The number of hydrogen-bond donors (Lipinski definition) is 1. The molecular weight excluding hydrogens is 268 g/mol. The fourth-order valence-electron chi connectivity index (χ4n) is 2.12. The van der Waals surface area contributed by atoms with Gasteiger partial charge in [0, 0.05) is 17.0 Å². The highest BCUT2D eigenvalue weighted by Crippen LogP contribution is 2.31. The summed E-state index contributed by atoms with van der Waals surface area (Å²) in [6, 6.07) is 6.85. The first-order valence-electron chi connectivity index (χ1n) is 5.62. The van der Waals surface area contributed by atoms with Gasteiger partial charge in [-0.1, -0.05) is 29.8 Å². The summed E-state index contributed by atoms with van der Waals surface area (Å²) >= 11 is 6.16. The van der Waals surface area contributed by atoms with Gasteiger partial charge in [0.1, 0.15) is 6.04 Å². The van der Waals surface area contributed by atoms with E-state index in [-0.39, 0.29) is 12.0 Å². The van der Waals surface area contributed by atoms with Crippen molar-refractivity contribution in [3.05, 3.63) is 52.3 Å². The first-order chi connectivity index (χ1) is 9.16. The Hall–Kier alpha value is -2.21. The second-order valence-corrected chi connectivity index (χ2v) is 4.59. The molecule has 19 heavy (non-hydrogen) atoms. The van der Waals surface area contributed by atoms with E-state index in [1.165, 1.54) is 0 Å². The van der Waals surface area contributed by atoms with E-state index in [9.17, 15) is 4.79 Å². The zero-order valence-electron chi connectivity index (χ0n) is 9.69. The molecule has 1 atom stereocenters. The van der Waals surface area contributed by atoms with Crippen LogP contribution in [0.25, 0.3) is 0 Å². The van der Waals surface area contributed by atoms with Crippen LogP contribution in [-0.2, 0) is 11.2 Å². The quantitative estimate of drug-likeness (QED) is 0.898. The van der Waals surface area contributed by atoms with Gasteiger partial charge in [-0.2, -0.15) is 0 Å². The Bertz CT molecular complexity index is 680. The SMILES string of the molecule is O=C(O)C1=CC(c2ccccc2Cl)n2nnnc2C1. The maximum absolute atomic E-state index is 11.2. The molecule has 6 nitrogen and oxygen atoms in total. The van der Waals surface area contributed by atoms with Crippen molar-refractivity contribution in [3.8, 4) is 0 Å². The fraction of sp³-hybridized carbons (Fsp3) is 0.167. The van der Waals surface area contributed by atoms with Crippen LogP contribution in [-0.4, -0.2) is 31.3 Å². The average Bonchev–Trinajstić information content (AvgIpc) is 2.86. The van der Waals surface area contributed by atoms with Gasteiger partial charge in [0.25, 0.3) is 0 Å². The second kappa shape index (κ2) is 4.47. The normalized spacial score (nSPS) is 17.7. The molecule has 0 saturated carbocycles. The van der Waals surface area contributed by atoms with Gasteiger partial charge in [0.2, 0.25) is 0 Å². The Morgan fingerprint density at radius 1 is 1.42 bits per heavy atom. The standard InChI is InChI=1S/C12H9ClN4O2/c13-9-4-2-1-3-8(9)10-5-7(12(18)19)6-11-14-15-16-17(10)11/h1-5,10H,6H2,(H,18,19). The summed E-state index contributed by atoms with van der Waals surface area (Å²) in [5.41, 5.74) is 1.04. The number of carbonyl (C=O) groups is 1. The molecule has 3 rings (SSSR count). The lowest BCUT2D eigenvalue weighted by atomic mass is 9.99. The predicted octanol–water partition coefficient (Wildman–Crippen LogP) is 1.48. The number of aliphatic carboxylic acids is 1. The van der Waals surface area contributed by atoms with E-state index in [0.29, 0.717) is 10.8 Å². The molecule has 0 spiro atoms. The minimum atomic E-state index is -0.966. The van der Waals surface area contributed by atoms with Crippen molar-refractivity contribution >= 4 is 17.6 Å². The van der Waals surface area contributed by atoms with Crippen LogP contribution in [0.3, 0.4) is 0 Å². The zero-order chi connectivity index (χ0) is 13.4. The van der Waals surface area contributed by atoms with Crippen LogP contribution in [0.4, 0.5) is 0 Å². The predicted molar refractivity (Wildman–Crippen MR) is 66.8 cm³/mol. The van der Waals surface area contributed by atoms with Crippen molar-refractivity contribution in [2.45, 2.75) is 12.5 Å². The third-order valence-electron chi connectivity index (χ3n) is 3.03. The fourth-order valence-corrected chi connectivity index (χ4v) is 2.37. The Morgan fingerprint density at radius 3 is 2.95 bits per heavy atom. The van der Waals surface area contributed by atoms with E-state index < -0.39 is 12.0 Å². The summed E-state index contributed by atoms with van der Waals surface area (Å²) in [6.07, 6.45) is 1.84. The highest BCUT2D eigenvalue weighted by Gasteiger charge is 2.27. The van der Waals surface area contributed by atoms with Crippen LogP contribution >= 0.6 is 11.6 Å². The molecular formula is C12H9ClN4O2. The average molecular weight is 277 g/mol. The largest absolute Gasteiger partial charge is 0.478 e. The van der Waals surface area contributed by atoms with Gasteiger partial charge in [-0.15, -0.1) is 5.10 Å². The first kappa shape index (κ1) is 11.9. The molecule has 1 aliphatic heterocycles. The van der Waals surface area contributed by atoms with Crippen molar-refractivity contribution in [2.24, 2.45) is 0 Å². The topological polar surface area (TPSA) is 80.9 Å². The van der Waals surface area contributed by atoms with Gasteiger partial charge in [-0.3, -0.25) is 0 Å². The van der Waals surface area contributed by atoms with E-state index in [1.54, 1.807) is 16.8 Å². The van der Waals surface area contributed by atoms with Crippen molar-refractivity contribution in [1.82, 2.24) is 20.2 Å². The number of halogens is 1. The van der Waals surface area contributed by atoms with Gasteiger partial charge in [0.05, 0.1) is 0 Å². The summed E-state index contributed by atoms with van der Waals surface area (Å²) in [5, 5.41) is 21.1. The Labute approximate surface area is 113 Å². The lowest BCUT2D eigenvalue weighted by molar-refractivity contribution is -0.132. The van der Waals surface area contributed by atoms with Gasteiger partial charge in [-0.25, -0.2) is 9.48 Å². The third kappa shape index (κ3) is 2.00. The number of hydrogen-bond acceptors (Lipinski definition) is 4. The lowest BCUT2D eigenvalue weighted by Gasteiger charge is -2.21. The van der Waals surface area contributed by atoms with E-state index >= 15 is 0 Å². The van der Waals surface area contributed by atoms with Crippen LogP contribution < -0.4 is 0 Å². The number of carboxylic acids is 1. The van der Waals surface area contributed by atoms with Crippen LogP contribution in [0.1, 0.15) is 17.4 Å². The molecule has 0 fully saturated rings. The number of tetrazole rings is 1. The lowest BCUT2D eigenvalue weighted by Crippen LogP contribution is -2.22. The van der Waals surface area contributed by atoms with Crippen molar-refractivity contribution in [1.29, 1.82) is 0 Å². The minimum absolute atomic E-state index is 0.212. The Kier molecular flexibility index (Phi) is 2.79. The first-order valence-corrected chi connectivity index (χ1v) is 6.00. The molecule has 0 aliphatic carbocycles. The molecule has 7 heteroatoms. The molecule has 1 aromatic carbocycles. The molecule has 0 saturated heterocycles. The van der Waals surface area contributed by atoms with E-state index in [1.807, 2.05) is 18.2 Å². The maximum Gasteiger partial charge on any atom is 0.331 e. The summed E-state index contributed by atoms with van der Waals surface area (Å²) in [4.78, 5) is 11.2. The minimum Gasteiger partial charge on any atom is -0.478 e. The highest BCUT2D eigenvalue weighted by atomic mass is 35.5. The molecule has 2 aromatic rings. The van der Waals surface area contributed by atoms with Crippen molar-refractivity contribution in [2.75, 3.05) is 0 Å². The maximum atomic E-state index is 11.2. The summed E-state index contributed by atoms with van der Waals surface area (Å²) in [6.45, 7) is 0. The summed E-state index contributed by atoms with van der Waals surface area (Å²) < 4.78 is 1.59. The van der Waals surface area contributed by atoms with Gasteiger partial charge in [0.15, 0.2) is 5.82 Å². The molecule has 1 unspecified atom stereocenters. The summed E-state index contributed by atoms with van der Waals surface area (Å²) in [5.74, 6) is -0.448.